The Hall–Kier alpha value is -0.580. The van der Waals surface area contributed by atoms with Gasteiger partial charge in [0.25, 0.3) is 0 Å². The Kier molecular flexibility index (Phi) is 4.38. The summed E-state index contributed by atoms with van der Waals surface area (Å²) in [6, 6.07) is 6.13. The van der Waals surface area contributed by atoms with E-state index in [1.165, 1.54) is 11.3 Å². The molecule has 0 bridgehead atoms. The standard InChI is InChI=1S/C10H15BrN2O/c1-13(2)10-5-3-4-9(11)8(10)6-7-14-12/h3-5H,6-7,12H2,1-2H3. The van der Waals surface area contributed by atoms with Crippen LogP contribution in [0.3, 0.4) is 0 Å². The second-order valence-electron chi connectivity index (χ2n) is 3.25. The molecular weight excluding hydrogens is 244 g/mol. The minimum absolute atomic E-state index is 0.531. The molecule has 0 aliphatic heterocycles. The molecule has 78 valence electrons. The van der Waals surface area contributed by atoms with E-state index in [9.17, 15) is 0 Å². The van der Waals surface area contributed by atoms with Crippen molar-refractivity contribution in [2.75, 3.05) is 25.6 Å². The van der Waals surface area contributed by atoms with E-state index in [2.05, 4.69) is 31.7 Å². The summed E-state index contributed by atoms with van der Waals surface area (Å²) in [5, 5.41) is 0. The second-order valence-corrected chi connectivity index (χ2v) is 4.11. The van der Waals surface area contributed by atoms with E-state index in [4.69, 9.17) is 5.90 Å². The number of hydrogen-bond acceptors (Lipinski definition) is 3. The smallest absolute Gasteiger partial charge is 0.0720 e. The van der Waals surface area contributed by atoms with Gasteiger partial charge in [-0.25, -0.2) is 5.90 Å². The first-order valence-electron chi connectivity index (χ1n) is 4.43. The monoisotopic (exact) mass is 258 g/mol. The minimum atomic E-state index is 0.531. The van der Waals surface area contributed by atoms with Gasteiger partial charge in [0.15, 0.2) is 0 Å². The maximum atomic E-state index is 5.02. The first kappa shape index (κ1) is 11.5. The number of anilines is 1. The fourth-order valence-corrected chi connectivity index (χ4v) is 1.93. The van der Waals surface area contributed by atoms with Crippen LogP contribution in [-0.2, 0) is 11.3 Å². The maximum Gasteiger partial charge on any atom is 0.0720 e. The molecule has 0 spiro atoms. The lowest BCUT2D eigenvalue weighted by Gasteiger charge is -2.18. The van der Waals surface area contributed by atoms with Gasteiger partial charge in [-0.3, -0.25) is 0 Å². The van der Waals surface area contributed by atoms with Gasteiger partial charge in [0.1, 0.15) is 0 Å². The van der Waals surface area contributed by atoms with Crippen LogP contribution in [0.4, 0.5) is 5.69 Å². The van der Waals surface area contributed by atoms with Gasteiger partial charge < -0.3 is 9.74 Å². The van der Waals surface area contributed by atoms with E-state index >= 15 is 0 Å². The van der Waals surface area contributed by atoms with Gasteiger partial charge in [-0.2, -0.15) is 0 Å². The Balaban J connectivity index is 2.96. The third-order valence-corrected chi connectivity index (χ3v) is 2.79. The Labute approximate surface area is 92.9 Å². The minimum Gasteiger partial charge on any atom is -0.377 e. The largest absolute Gasteiger partial charge is 0.377 e. The van der Waals surface area contributed by atoms with Crippen molar-refractivity contribution in [3.8, 4) is 0 Å². The van der Waals surface area contributed by atoms with Gasteiger partial charge in [-0.1, -0.05) is 22.0 Å². The first-order valence-corrected chi connectivity index (χ1v) is 5.22. The first-order chi connectivity index (χ1) is 6.66. The van der Waals surface area contributed by atoms with Crippen molar-refractivity contribution >= 4 is 21.6 Å². The molecule has 0 aliphatic rings. The van der Waals surface area contributed by atoms with Crippen LogP contribution < -0.4 is 10.8 Å². The molecule has 1 rings (SSSR count). The van der Waals surface area contributed by atoms with Crippen LogP contribution >= 0.6 is 15.9 Å². The van der Waals surface area contributed by atoms with Gasteiger partial charge in [-0.15, -0.1) is 0 Å². The van der Waals surface area contributed by atoms with E-state index in [1.807, 2.05) is 26.2 Å². The SMILES string of the molecule is CN(C)c1cccc(Br)c1CCON. The number of halogens is 1. The van der Waals surface area contributed by atoms with Crippen LogP contribution in [0.1, 0.15) is 5.56 Å². The summed E-state index contributed by atoms with van der Waals surface area (Å²) in [5.41, 5.74) is 2.42. The van der Waals surface area contributed by atoms with E-state index in [0.29, 0.717) is 6.61 Å². The van der Waals surface area contributed by atoms with Crippen molar-refractivity contribution in [2.45, 2.75) is 6.42 Å². The van der Waals surface area contributed by atoms with Gasteiger partial charge in [0.2, 0.25) is 0 Å². The van der Waals surface area contributed by atoms with Crippen LogP contribution in [0.5, 0.6) is 0 Å². The predicted molar refractivity (Wildman–Crippen MR) is 62.3 cm³/mol. The normalized spacial score (nSPS) is 10.3. The second kappa shape index (κ2) is 5.34. The van der Waals surface area contributed by atoms with Gasteiger partial charge >= 0.3 is 0 Å². The van der Waals surface area contributed by atoms with E-state index in [0.717, 1.165) is 10.9 Å². The summed E-state index contributed by atoms with van der Waals surface area (Å²) in [5.74, 6) is 5.02. The number of nitrogens with two attached hydrogens (primary N) is 1. The molecule has 14 heavy (non-hydrogen) atoms. The zero-order chi connectivity index (χ0) is 10.6. The van der Waals surface area contributed by atoms with Gasteiger partial charge in [-0.05, 0) is 17.7 Å². The molecule has 0 heterocycles. The van der Waals surface area contributed by atoms with Crippen molar-refractivity contribution < 1.29 is 4.84 Å². The molecule has 0 fully saturated rings. The lowest BCUT2D eigenvalue weighted by atomic mass is 10.1. The van der Waals surface area contributed by atoms with Gasteiger partial charge in [0, 0.05) is 30.7 Å². The van der Waals surface area contributed by atoms with Gasteiger partial charge in [0.05, 0.1) is 6.61 Å². The summed E-state index contributed by atoms with van der Waals surface area (Å²) < 4.78 is 1.10. The van der Waals surface area contributed by atoms with Crippen molar-refractivity contribution in [1.82, 2.24) is 0 Å². The molecular formula is C10H15BrN2O. The fourth-order valence-electron chi connectivity index (χ4n) is 1.37. The van der Waals surface area contributed by atoms with Crippen molar-refractivity contribution in [3.63, 3.8) is 0 Å². The number of nitrogens with zero attached hydrogens (tertiary/aromatic N) is 1. The molecule has 0 amide bonds. The predicted octanol–water partition coefficient (Wildman–Crippen LogP) is 1.95. The number of hydrogen-bond donors (Lipinski definition) is 1. The summed E-state index contributed by atoms with van der Waals surface area (Å²) in [4.78, 5) is 6.68. The maximum absolute atomic E-state index is 5.02. The number of benzene rings is 1. The average Bonchev–Trinajstić information content (AvgIpc) is 2.15. The molecule has 0 aliphatic carbocycles. The molecule has 0 saturated carbocycles. The summed E-state index contributed by atoms with van der Waals surface area (Å²) >= 11 is 3.52. The van der Waals surface area contributed by atoms with E-state index in [-0.39, 0.29) is 0 Å². The topological polar surface area (TPSA) is 38.5 Å². The summed E-state index contributed by atoms with van der Waals surface area (Å²) in [6.07, 6.45) is 0.811. The fraction of sp³-hybridized carbons (Fsp3) is 0.400. The third kappa shape index (κ3) is 2.70. The molecule has 1 aromatic carbocycles. The average molecular weight is 259 g/mol. The molecule has 1 aromatic rings. The van der Waals surface area contributed by atoms with Crippen LogP contribution in [0.25, 0.3) is 0 Å². The molecule has 0 saturated heterocycles. The highest BCUT2D eigenvalue weighted by atomic mass is 79.9. The van der Waals surface area contributed by atoms with Crippen LogP contribution in [0.2, 0.25) is 0 Å². The highest BCUT2D eigenvalue weighted by Crippen LogP contribution is 2.26. The Bertz CT molecular complexity index is 302. The Morgan fingerprint density at radius 3 is 2.71 bits per heavy atom. The summed E-state index contributed by atoms with van der Waals surface area (Å²) in [7, 11) is 4.04. The number of rotatable bonds is 4. The van der Waals surface area contributed by atoms with Crippen LogP contribution in [-0.4, -0.2) is 20.7 Å². The Morgan fingerprint density at radius 2 is 2.14 bits per heavy atom. The third-order valence-electron chi connectivity index (χ3n) is 2.05. The van der Waals surface area contributed by atoms with Crippen molar-refractivity contribution in [2.24, 2.45) is 5.90 Å². The van der Waals surface area contributed by atoms with Crippen molar-refractivity contribution in [1.29, 1.82) is 0 Å². The molecule has 3 nitrogen and oxygen atoms in total. The lowest BCUT2D eigenvalue weighted by molar-refractivity contribution is 0.141. The molecule has 0 radical (unpaired) electrons. The highest BCUT2D eigenvalue weighted by Gasteiger charge is 2.07. The highest BCUT2D eigenvalue weighted by molar-refractivity contribution is 9.10. The molecule has 0 aromatic heterocycles. The lowest BCUT2D eigenvalue weighted by Crippen LogP contribution is -2.13. The Morgan fingerprint density at radius 1 is 1.43 bits per heavy atom. The van der Waals surface area contributed by atoms with E-state index in [1.54, 1.807) is 0 Å². The molecule has 0 unspecified atom stereocenters. The zero-order valence-corrected chi connectivity index (χ0v) is 10.0. The zero-order valence-electron chi connectivity index (χ0n) is 8.46. The van der Waals surface area contributed by atoms with E-state index < -0.39 is 0 Å². The van der Waals surface area contributed by atoms with Crippen molar-refractivity contribution in [3.05, 3.63) is 28.2 Å². The molecule has 2 N–H and O–H groups in total. The van der Waals surface area contributed by atoms with Crippen LogP contribution in [0, 0.1) is 0 Å². The molecule has 0 atom stereocenters. The molecule has 4 heteroatoms. The summed E-state index contributed by atoms with van der Waals surface area (Å²) in [6.45, 7) is 0.531. The quantitative estimate of drug-likeness (QED) is 0.840. The van der Waals surface area contributed by atoms with Crippen LogP contribution in [0.15, 0.2) is 22.7 Å².